The molecule has 9 heteroatoms. The number of amides is 4. The molecule has 2 rings (SSSR count). The molecule has 158 valence electrons. The Labute approximate surface area is 179 Å². The molecular formula is C21H23ClN4O4. The molecule has 1 unspecified atom stereocenters. The number of primary amides is 1. The van der Waals surface area contributed by atoms with Gasteiger partial charge in [0.05, 0.1) is 23.7 Å². The van der Waals surface area contributed by atoms with Crippen LogP contribution in [0.2, 0.25) is 5.02 Å². The molecule has 0 saturated heterocycles. The lowest BCUT2D eigenvalue weighted by atomic mass is 10.0. The van der Waals surface area contributed by atoms with E-state index in [4.69, 9.17) is 17.3 Å². The molecule has 0 bridgehead atoms. The first-order valence-electron chi connectivity index (χ1n) is 9.24. The van der Waals surface area contributed by atoms with E-state index in [-0.39, 0.29) is 36.8 Å². The van der Waals surface area contributed by atoms with Crippen molar-refractivity contribution < 1.29 is 19.2 Å². The highest BCUT2D eigenvalue weighted by atomic mass is 35.5. The third kappa shape index (κ3) is 7.21. The summed E-state index contributed by atoms with van der Waals surface area (Å²) in [5, 5.41) is 8.57. The van der Waals surface area contributed by atoms with Gasteiger partial charge in [0.1, 0.15) is 0 Å². The van der Waals surface area contributed by atoms with Crippen LogP contribution in [0.5, 0.6) is 0 Å². The Bertz CT molecular complexity index is 931. The minimum atomic E-state index is -0.559. The number of halogens is 1. The maximum Gasteiger partial charge on any atom is 0.253 e. The van der Waals surface area contributed by atoms with E-state index in [1.165, 1.54) is 6.92 Å². The fourth-order valence-corrected chi connectivity index (χ4v) is 2.89. The molecule has 8 nitrogen and oxygen atoms in total. The number of rotatable bonds is 9. The van der Waals surface area contributed by atoms with E-state index >= 15 is 0 Å². The van der Waals surface area contributed by atoms with Crippen LogP contribution in [-0.2, 0) is 14.4 Å². The SMILES string of the molecule is CC(=O)NC(CC(=O)Nc1ccccc1C(=O)NCCC(N)=O)c1ccc(Cl)cc1. The van der Waals surface area contributed by atoms with Crippen LogP contribution in [0.3, 0.4) is 0 Å². The number of nitrogens with two attached hydrogens (primary N) is 1. The van der Waals surface area contributed by atoms with Gasteiger partial charge in [-0.1, -0.05) is 35.9 Å². The normalized spacial score (nSPS) is 11.3. The van der Waals surface area contributed by atoms with Gasteiger partial charge in [-0.05, 0) is 29.8 Å². The van der Waals surface area contributed by atoms with Gasteiger partial charge >= 0.3 is 0 Å². The van der Waals surface area contributed by atoms with Crippen molar-refractivity contribution in [2.75, 3.05) is 11.9 Å². The first-order valence-corrected chi connectivity index (χ1v) is 9.62. The van der Waals surface area contributed by atoms with Gasteiger partial charge in [-0.3, -0.25) is 19.2 Å². The first-order chi connectivity index (χ1) is 14.3. The van der Waals surface area contributed by atoms with Crippen LogP contribution in [0, 0.1) is 0 Å². The summed E-state index contributed by atoms with van der Waals surface area (Å²) < 4.78 is 0. The molecule has 0 aromatic heterocycles. The summed E-state index contributed by atoms with van der Waals surface area (Å²) >= 11 is 5.91. The third-order valence-corrected chi connectivity index (χ3v) is 4.39. The molecule has 0 saturated carbocycles. The van der Waals surface area contributed by atoms with E-state index in [1.807, 2.05) is 0 Å². The van der Waals surface area contributed by atoms with Gasteiger partial charge in [0.2, 0.25) is 17.7 Å². The quantitative estimate of drug-likeness (QED) is 0.485. The number of anilines is 1. The molecule has 30 heavy (non-hydrogen) atoms. The maximum absolute atomic E-state index is 12.6. The smallest absolute Gasteiger partial charge is 0.253 e. The monoisotopic (exact) mass is 430 g/mol. The minimum absolute atomic E-state index is 0.0136. The minimum Gasteiger partial charge on any atom is -0.370 e. The summed E-state index contributed by atoms with van der Waals surface area (Å²) in [7, 11) is 0. The number of benzene rings is 2. The van der Waals surface area contributed by atoms with Gasteiger partial charge in [0.25, 0.3) is 5.91 Å². The Morgan fingerprint density at radius 2 is 1.70 bits per heavy atom. The lowest BCUT2D eigenvalue weighted by molar-refractivity contribution is -0.121. The fraction of sp³-hybridized carbons (Fsp3) is 0.238. The second-order valence-corrected chi connectivity index (χ2v) is 7.01. The van der Waals surface area contributed by atoms with Crippen LogP contribution in [0.1, 0.15) is 41.7 Å². The molecule has 0 fully saturated rings. The summed E-state index contributed by atoms with van der Waals surface area (Å²) in [5.74, 6) is -1.63. The molecule has 0 aliphatic heterocycles. The van der Waals surface area contributed by atoms with Gasteiger partial charge in [-0.15, -0.1) is 0 Å². The average molecular weight is 431 g/mol. The van der Waals surface area contributed by atoms with E-state index in [9.17, 15) is 19.2 Å². The lowest BCUT2D eigenvalue weighted by Crippen LogP contribution is -2.31. The van der Waals surface area contributed by atoms with Crippen LogP contribution in [-0.4, -0.2) is 30.2 Å². The molecule has 0 aliphatic carbocycles. The average Bonchev–Trinajstić information content (AvgIpc) is 2.67. The molecule has 0 radical (unpaired) electrons. The highest BCUT2D eigenvalue weighted by Gasteiger charge is 2.19. The van der Waals surface area contributed by atoms with Gasteiger partial charge in [-0.2, -0.15) is 0 Å². The Kier molecular flexibility index (Phi) is 8.37. The summed E-state index contributed by atoms with van der Waals surface area (Å²) in [6.07, 6.45) is -0.0292. The molecule has 0 spiro atoms. The standard InChI is InChI=1S/C21H23ClN4O4/c1-13(27)25-18(14-6-8-15(22)9-7-14)12-20(29)26-17-5-3-2-4-16(17)21(30)24-11-10-19(23)28/h2-9,18H,10-12H2,1H3,(H2,23,28)(H,24,30)(H,25,27)(H,26,29). The van der Waals surface area contributed by atoms with Crippen molar-refractivity contribution >= 4 is 40.9 Å². The summed E-state index contributed by atoms with van der Waals surface area (Å²) in [4.78, 5) is 47.4. The van der Waals surface area contributed by atoms with Crippen molar-refractivity contribution in [2.24, 2.45) is 5.73 Å². The maximum atomic E-state index is 12.6. The predicted octanol–water partition coefficient (Wildman–Crippen LogP) is 2.15. The predicted molar refractivity (Wildman–Crippen MR) is 114 cm³/mol. The van der Waals surface area contributed by atoms with Crippen molar-refractivity contribution in [1.82, 2.24) is 10.6 Å². The number of para-hydroxylation sites is 1. The molecule has 0 heterocycles. The van der Waals surface area contributed by atoms with Gasteiger partial charge in [0, 0.05) is 24.9 Å². The zero-order valence-electron chi connectivity index (χ0n) is 16.4. The zero-order chi connectivity index (χ0) is 22.1. The Morgan fingerprint density at radius 1 is 1.03 bits per heavy atom. The molecule has 5 N–H and O–H groups in total. The Hall–Kier alpha value is -3.39. The van der Waals surface area contributed by atoms with E-state index in [1.54, 1.807) is 48.5 Å². The molecular weight excluding hydrogens is 408 g/mol. The van der Waals surface area contributed by atoms with Crippen molar-refractivity contribution in [2.45, 2.75) is 25.8 Å². The molecule has 2 aromatic rings. The number of nitrogens with one attached hydrogen (secondary N) is 3. The number of hydrogen-bond acceptors (Lipinski definition) is 4. The highest BCUT2D eigenvalue weighted by Crippen LogP contribution is 2.21. The first kappa shape index (κ1) is 22.9. The van der Waals surface area contributed by atoms with Crippen LogP contribution >= 0.6 is 11.6 Å². The second-order valence-electron chi connectivity index (χ2n) is 6.57. The largest absolute Gasteiger partial charge is 0.370 e. The van der Waals surface area contributed by atoms with Gasteiger partial charge in [0.15, 0.2) is 0 Å². The summed E-state index contributed by atoms with van der Waals surface area (Å²) in [5.41, 5.74) is 6.35. The highest BCUT2D eigenvalue weighted by molar-refractivity contribution is 6.30. The third-order valence-electron chi connectivity index (χ3n) is 4.14. The van der Waals surface area contributed by atoms with E-state index < -0.39 is 17.9 Å². The second kappa shape index (κ2) is 11.0. The van der Waals surface area contributed by atoms with Gasteiger partial charge < -0.3 is 21.7 Å². The number of hydrogen-bond donors (Lipinski definition) is 4. The van der Waals surface area contributed by atoms with Crippen molar-refractivity contribution in [3.05, 3.63) is 64.7 Å². The topological polar surface area (TPSA) is 130 Å². The van der Waals surface area contributed by atoms with Crippen molar-refractivity contribution in [3.63, 3.8) is 0 Å². The van der Waals surface area contributed by atoms with Crippen molar-refractivity contribution in [3.8, 4) is 0 Å². The number of carbonyl (C=O) groups excluding carboxylic acids is 4. The van der Waals surface area contributed by atoms with Crippen LogP contribution in [0.4, 0.5) is 5.69 Å². The van der Waals surface area contributed by atoms with Gasteiger partial charge in [-0.25, -0.2) is 0 Å². The van der Waals surface area contributed by atoms with Crippen LogP contribution in [0.25, 0.3) is 0 Å². The van der Waals surface area contributed by atoms with Crippen LogP contribution in [0.15, 0.2) is 48.5 Å². The fourth-order valence-electron chi connectivity index (χ4n) is 2.76. The van der Waals surface area contributed by atoms with E-state index in [0.29, 0.717) is 10.7 Å². The van der Waals surface area contributed by atoms with Crippen molar-refractivity contribution in [1.29, 1.82) is 0 Å². The molecule has 4 amide bonds. The zero-order valence-corrected chi connectivity index (χ0v) is 17.2. The lowest BCUT2D eigenvalue weighted by Gasteiger charge is -2.19. The Morgan fingerprint density at radius 3 is 2.33 bits per heavy atom. The van der Waals surface area contributed by atoms with E-state index in [2.05, 4.69) is 16.0 Å². The summed E-state index contributed by atoms with van der Waals surface area (Å²) in [6.45, 7) is 1.46. The Balaban J connectivity index is 2.10. The van der Waals surface area contributed by atoms with Crippen LogP contribution < -0.4 is 21.7 Å². The molecule has 0 aliphatic rings. The van der Waals surface area contributed by atoms with E-state index in [0.717, 1.165) is 5.56 Å². The molecule has 2 aromatic carbocycles. The summed E-state index contributed by atoms with van der Waals surface area (Å²) in [6, 6.07) is 12.7. The molecule has 1 atom stereocenters. The number of carbonyl (C=O) groups is 4.